The molecule has 0 fully saturated rings. The number of carbonyl (C=O) groups excluding carboxylic acids is 1. The number of thioether (sulfide) groups is 1. The lowest BCUT2D eigenvalue weighted by molar-refractivity contribution is -0.118. The predicted octanol–water partition coefficient (Wildman–Crippen LogP) is 4.66. The van der Waals surface area contributed by atoms with Crippen LogP contribution in [0, 0.1) is 5.41 Å². The molecule has 0 spiro atoms. The van der Waals surface area contributed by atoms with Crippen LogP contribution in [0.15, 0.2) is 53.4 Å². The molecular weight excluding hydrogens is 392 g/mol. The van der Waals surface area contributed by atoms with Gasteiger partial charge in [0, 0.05) is 17.0 Å². The normalized spacial score (nSPS) is 16.0. The van der Waals surface area contributed by atoms with Crippen LogP contribution in [0.4, 0.5) is 5.69 Å². The van der Waals surface area contributed by atoms with E-state index in [0.717, 1.165) is 61.6 Å². The van der Waals surface area contributed by atoms with Crippen LogP contribution in [0.3, 0.4) is 0 Å². The van der Waals surface area contributed by atoms with Gasteiger partial charge in [-0.2, -0.15) is 0 Å². The number of anilines is 1. The topological polar surface area (TPSA) is 73.4 Å². The van der Waals surface area contributed by atoms with Gasteiger partial charge >= 0.3 is 0 Å². The van der Waals surface area contributed by atoms with Gasteiger partial charge in [-0.3, -0.25) is 10.2 Å². The maximum absolute atomic E-state index is 13.4. The number of rotatable bonds is 10. The molecule has 2 aromatic rings. The molecule has 0 radical (unpaired) electrons. The van der Waals surface area contributed by atoms with Crippen molar-refractivity contribution in [3.63, 3.8) is 0 Å². The second-order valence-corrected chi connectivity index (χ2v) is 8.73. The van der Waals surface area contributed by atoms with Crippen molar-refractivity contribution in [2.75, 3.05) is 31.1 Å². The molecule has 3 N–H and O–H groups in total. The Labute approximate surface area is 184 Å². The second kappa shape index (κ2) is 10.6. The van der Waals surface area contributed by atoms with Crippen molar-refractivity contribution < 1.29 is 4.79 Å². The summed E-state index contributed by atoms with van der Waals surface area (Å²) in [6.45, 7) is 8.43. The molecule has 1 heterocycles. The van der Waals surface area contributed by atoms with Crippen LogP contribution in [-0.2, 0) is 4.79 Å². The van der Waals surface area contributed by atoms with Gasteiger partial charge in [-0.05, 0) is 56.2 Å². The third kappa shape index (κ3) is 5.24. The lowest BCUT2D eigenvalue weighted by atomic mass is 10.1. The number of fused-ring (bicyclic) bond motifs is 1. The van der Waals surface area contributed by atoms with Crippen LogP contribution < -0.4 is 10.6 Å². The molecule has 0 bridgehead atoms. The van der Waals surface area contributed by atoms with Crippen molar-refractivity contribution in [2.24, 2.45) is 5.73 Å². The highest BCUT2D eigenvalue weighted by molar-refractivity contribution is 8.00. The molecule has 1 aliphatic heterocycles. The lowest BCUT2D eigenvalue weighted by Gasteiger charge is -2.34. The highest BCUT2D eigenvalue weighted by Gasteiger charge is 2.34. The number of nitrogens with zero attached hydrogens (tertiary/aromatic N) is 2. The average molecular weight is 425 g/mol. The predicted molar refractivity (Wildman–Crippen MR) is 126 cm³/mol. The number of para-hydroxylation sites is 1. The minimum Gasteiger partial charge on any atom is -0.384 e. The number of nitrogens with one attached hydrogen (secondary N) is 1. The van der Waals surface area contributed by atoms with Gasteiger partial charge in [-0.25, -0.2) is 0 Å². The van der Waals surface area contributed by atoms with Crippen molar-refractivity contribution in [3.8, 4) is 0 Å². The molecule has 6 heteroatoms. The maximum atomic E-state index is 13.4. The smallest absolute Gasteiger partial charge is 0.245 e. The van der Waals surface area contributed by atoms with E-state index in [9.17, 15) is 4.79 Å². The van der Waals surface area contributed by atoms with E-state index in [1.165, 1.54) is 0 Å². The summed E-state index contributed by atoms with van der Waals surface area (Å²) in [7, 11) is 0. The van der Waals surface area contributed by atoms with Gasteiger partial charge in [0.1, 0.15) is 11.1 Å². The number of hydrogen-bond donors (Lipinski definition) is 2. The van der Waals surface area contributed by atoms with E-state index in [1.54, 1.807) is 11.8 Å². The van der Waals surface area contributed by atoms with E-state index in [0.29, 0.717) is 5.56 Å². The summed E-state index contributed by atoms with van der Waals surface area (Å²) in [5, 5.41) is 7.40. The van der Waals surface area contributed by atoms with Crippen LogP contribution >= 0.6 is 11.8 Å². The van der Waals surface area contributed by atoms with E-state index in [-0.39, 0.29) is 17.0 Å². The minimum absolute atomic E-state index is 0.0237. The number of carbonyl (C=O) groups is 1. The molecule has 5 nitrogen and oxygen atoms in total. The molecule has 1 unspecified atom stereocenters. The number of nitrogen functional groups attached to an aromatic ring is 1. The van der Waals surface area contributed by atoms with E-state index in [4.69, 9.17) is 11.1 Å². The zero-order valence-electron chi connectivity index (χ0n) is 17.9. The van der Waals surface area contributed by atoms with Gasteiger partial charge < -0.3 is 15.5 Å². The quantitative estimate of drug-likeness (QED) is 0.330. The third-order valence-corrected chi connectivity index (χ3v) is 6.95. The van der Waals surface area contributed by atoms with Gasteiger partial charge in [-0.15, -0.1) is 11.8 Å². The molecular formula is C24H32N4OS. The SMILES string of the molecule is CCN(CC)CCCCCN1C(=O)C(c2cccc(C(=N)N)c2)Sc2ccccc21. The summed E-state index contributed by atoms with van der Waals surface area (Å²) < 4.78 is 0. The first-order valence-corrected chi connectivity index (χ1v) is 11.7. The molecule has 0 saturated carbocycles. The number of hydrogen-bond acceptors (Lipinski definition) is 4. The van der Waals surface area contributed by atoms with Crippen molar-refractivity contribution in [1.29, 1.82) is 5.41 Å². The van der Waals surface area contributed by atoms with Gasteiger partial charge in [0.05, 0.1) is 5.69 Å². The molecule has 1 aliphatic rings. The number of benzene rings is 2. The zero-order chi connectivity index (χ0) is 21.5. The summed E-state index contributed by atoms with van der Waals surface area (Å²) in [6, 6.07) is 15.7. The summed E-state index contributed by atoms with van der Waals surface area (Å²) in [5.41, 5.74) is 8.23. The fourth-order valence-electron chi connectivity index (χ4n) is 3.85. The molecule has 0 aliphatic carbocycles. The van der Waals surface area contributed by atoms with Crippen LogP contribution in [0.2, 0.25) is 0 Å². The fraction of sp³-hybridized carbons (Fsp3) is 0.417. The Morgan fingerprint density at radius 3 is 2.60 bits per heavy atom. The van der Waals surface area contributed by atoms with Crippen molar-refractivity contribution in [1.82, 2.24) is 4.90 Å². The highest BCUT2D eigenvalue weighted by atomic mass is 32.2. The minimum atomic E-state index is -0.310. The van der Waals surface area contributed by atoms with Gasteiger partial charge in [0.2, 0.25) is 5.91 Å². The molecule has 1 amide bonds. The van der Waals surface area contributed by atoms with E-state index < -0.39 is 0 Å². The second-order valence-electron chi connectivity index (χ2n) is 7.58. The Hall–Kier alpha value is -2.31. The average Bonchev–Trinajstić information content (AvgIpc) is 2.77. The molecule has 0 saturated heterocycles. The Morgan fingerprint density at radius 2 is 1.87 bits per heavy atom. The standard InChI is InChI=1S/C24H32N4OS/c1-3-27(4-2)15-8-5-9-16-28-20-13-6-7-14-21(20)30-22(24(28)29)18-11-10-12-19(17-18)23(25)26/h6-7,10-14,17,22H,3-5,8-9,15-16H2,1-2H3,(H3,25,26). The molecule has 2 aromatic carbocycles. The van der Waals surface area contributed by atoms with Crippen molar-refractivity contribution in [2.45, 2.75) is 43.3 Å². The lowest BCUT2D eigenvalue weighted by Crippen LogP contribution is -2.38. The fourth-order valence-corrected chi connectivity index (χ4v) is 5.07. The highest BCUT2D eigenvalue weighted by Crippen LogP contribution is 2.46. The van der Waals surface area contributed by atoms with Gasteiger partial charge in [-0.1, -0.05) is 50.6 Å². The van der Waals surface area contributed by atoms with Crippen molar-refractivity contribution >= 4 is 29.2 Å². The monoisotopic (exact) mass is 424 g/mol. The Balaban J connectivity index is 1.73. The number of unbranched alkanes of at least 4 members (excludes halogenated alkanes) is 2. The number of amidine groups is 1. The van der Waals surface area contributed by atoms with E-state index >= 15 is 0 Å². The maximum Gasteiger partial charge on any atom is 0.245 e. The molecule has 30 heavy (non-hydrogen) atoms. The number of amides is 1. The van der Waals surface area contributed by atoms with Crippen LogP contribution in [0.25, 0.3) is 0 Å². The third-order valence-electron chi connectivity index (χ3n) is 5.64. The zero-order valence-corrected chi connectivity index (χ0v) is 18.8. The van der Waals surface area contributed by atoms with E-state index in [1.807, 2.05) is 47.4 Å². The first kappa shape index (κ1) is 22.4. The molecule has 3 rings (SSSR count). The Bertz CT molecular complexity index is 881. The summed E-state index contributed by atoms with van der Waals surface area (Å²) in [6.07, 6.45) is 3.26. The van der Waals surface area contributed by atoms with Gasteiger partial charge in [0.15, 0.2) is 0 Å². The van der Waals surface area contributed by atoms with Crippen molar-refractivity contribution in [3.05, 3.63) is 59.7 Å². The summed E-state index contributed by atoms with van der Waals surface area (Å²) in [5.74, 6) is 0.138. The molecule has 1 atom stereocenters. The largest absolute Gasteiger partial charge is 0.384 e. The van der Waals surface area contributed by atoms with Crippen LogP contribution in [0.1, 0.15) is 49.5 Å². The van der Waals surface area contributed by atoms with Crippen LogP contribution in [0.5, 0.6) is 0 Å². The number of nitrogens with two attached hydrogens (primary N) is 1. The van der Waals surface area contributed by atoms with Gasteiger partial charge in [0.25, 0.3) is 0 Å². The summed E-state index contributed by atoms with van der Waals surface area (Å²) in [4.78, 5) is 19.0. The summed E-state index contributed by atoms with van der Waals surface area (Å²) >= 11 is 1.59. The van der Waals surface area contributed by atoms with Crippen LogP contribution in [-0.4, -0.2) is 42.8 Å². The van der Waals surface area contributed by atoms with E-state index in [2.05, 4.69) is 24.8 Å². The Morgan fingerprint density at radius 1 is 1.10 bits per heavy atom. The molecule has 0 aromatic heterocycles. The first-order valence-electron chi connectivity index (χ1n) is 10.8. The first-order chi connectivity index (χ1) is 14.5. The Kier molecular flexibility index (Phi) is 7.94. The molecule has 160 valence electrons.